The van der Waals surface area contributed by atoms with Gasteiger partial charge in [0.1, 0.15) is 17.3 Å². The molecule has 0 atom stereocenters. The fraction of sp³-hybridized carbons (Fsp3) is 0.455. The molecule has 152 valence electrons. The Kier molecular flexibility index (Phi) is 7.69. The van der Waals surface area contributed by atoms with Crippen molar-refractivity contribution in [3.8, 4) is 17.0 Å². The minimum absolute atomic E-state index is 0. The van der Waals surface area contributed by atoms with E-state index in [-0.39, 0.29) is 12.4 Å². The van der Waals surface area contributed by atoms with E-state index >= 15 is 0 Å². The van der Waals surface area contributed by atoms with Crippen molar-refractivity contribution >= 4 is 23.9 Å². The lowest BCUT2D eigenvalue weighted by Gasteiger charge is -2.24. The van der Waals surface area contributed by atoms with Gasteiger partial charge in [0, 0.05) is 31.0 Å². The lowest BCUT2D eigenvalue weighted by molar-refractivity contribution is 0.414. The van der Waals surface area contributed by atoms with Gasteiger partial charge in [-0.3, -0.25) is 9.38 Å². The second-order valence-electron chi connectivity index (χ2n) is 6.87. The maximum absolute atomic E-state index is 5.35. The molecule has 0 radical (unpaired) electrons. The molecular weight excluding hydrogens is 372 g/mol. The summed E-state index contributed by atoms with van der Waals surface area (Å²) in [7, 11) is 1.69. The van der Waals surface area contributed by atoms with Gasteiger partial charge in [-0.1, -0.05) is 20.8 Å². The third kappa shape index (κ3) is 4.09. The zero-order valence-electron chi connectivity index (χ0n) is 17.5. The highest BCUT2D eigenvalue weighted by atomic mass is 35.5. The Hall–Kier alpha value is -2.27. The lowest BCUT2D eigenvalue weighted by Crippen LogP contribution is -2.27. The summed E-state index contributed by atoms with van der Waals surface area (Å²) in [5.74, 6) is 2.07. The number of rotatable bonds is 8. The predicted octanol–water partition coefficient (Wildman–Crippen LogP) is 5.32. The van der Waals surface area contributed by atoms with E-state index in [0.717, 1.165) is 66.3 Å². The van der Waals surface area contributed by atoms with Gasteiger partial charge >= 0.3 is 0 Å². The summed E-state index contributed by atoms with van der Waals surface area (Å²) >= 11 is 0. The van der Waals surface area contributed by atoms with Gasteiger partial charge in [0.15, 0.2) is 5.65 Å². The minimum atomic E-state index is 0. The van der Waals surface area contributed by atoms with Crippen molar-refractivity contribution in [2.45, 2.75) is 47.0 Å². The first-order valence-corrected chi connectivity index (χ1v) is 9.90. The highest BCUT2D eigenvalue weighted by molar-refractivity contribution is 5.85. The molecule has 3 rings (SSSR count). The number of aryl methyl sites for hydroxylation is 2. The Bertz CT molecular complexity index is 916. The molecule has 3 aromatic rings. The molecule has 0 N–H and O–H groups in total. The third-order valence-electron chi connectivity index (χ3n) is 4.90. The van der Waals surface area contributed by atoms with Gasteiger partial charge < -0.3 is 9.64 Å². The number of hydrogen-bond acceptors (Lipinski definition) is 4. The van der Waals surface area contributed by atoms with Crippen LogP contribution in [0.15, 0.2) is 30.6 Å². The maximum Gasteiger partial charge on any atom is 0.165 e. The van der Waals surface area contributed by atoms with Crippen LogP contribution >= 0.6 is 12.4 Å². The average Bonchev–Trinajstić information content (AvgIpc) is 3.06. The molecule has 0 aliphatic carbocycles. The number of hydrogen-bond donors (Lipinski definition) is 0. The number of halogens is 1. The monoisotopic (exact) mass is 402 g/mol. The molecule has 2 aromatic heterocycles. The second kappa shape index (κ2) is 9.78. The van der Waals surface area contributed by atoms with Crippen molar-refractivity contribution in [1.82, 2.24) is 14.4 Å². The van der Waals surface area contributed by atoms with E-state index in [9.17, 15) is 0 Å². The van der Waals surface area contributed by atoms with Crippen LogP contribution in [0.5, 0.6) is 5.75 Å². The van der Waals surface area contributed by atoms with Gasteiger partial charge in [-0.05, 0) is 49.9 Å². The molecule has 0 aliphatic heterocycles. The van der Waals surface area contributed by atoms with Gasteiger partial charge in [-0.15, -0.1) is 12.4 Å². The van der Waals surface area contributed by atoms with Gasteiger partial charge in [0.25, 0.3) is 0 Å². The number of imidazole rings is 1. The first kappa shape index (κ1) is 22.0. The molecule has 0 saturated carbocycles. The predicted molar refractivity (Wildman–Crippen MR) is 119 cm³/mol. The number of anilines is 1. The van der Waals surface area contributed by atoms with E-state index in [4.69, 9.17) is 14.7 Å². The van der Waals surface area contributed by atoms with Crippen molar-refractivity contribution in [2.24, 2.45) is 0 Å². The number of fused-ring (bicyclic) bond motifs is 1. The maximum atomic E-state index is 5.35. The Morgan fingerprint density at radius 3 is 2.39 bits per heavy atom. The normalized spacial score (nSPS) is 10.8. The summed E-state index contributed by atoms with van der Waals surface area (Å²) in [4.78, 5) is 12.2. The highest BCUT2D eigenvalue weighted by Crippen LogP contribution is 2.32. The van der Waals surface area contributed by atoms with Crippen molar-refractivity contribution in [3.05, 3.63) is 41.9 Å². The van der Waals surface area contributed by atoms with Gasteiger partial charge in [0.2, 0.25) is 0 Å². The number of nitrogens with zero attached hydrogens (tertiary/aromatic N) is 4. The molecule has 0 saturated heterocycles. The molecule has 0 unspecified atom stereocenters. The fourth-order valence-electron chi connectivity index (χ4n) is 3.67. The second-order valence-corrected chi connectivity index (χ2v) is 6.87. The SMILES string of the molecule is CCCN(CCC)c1c(CC)nc2c(-c3ccc(OC)cc3C)nccn12.Cl. The largest absolute Gasteiger partial charge is 0.497 e. The first-order valence-electron chi connectivity index (χ1n) is 9.90. The Labute approximate surface area is 174 Å². The van der Waals surface area contributed by atoms with Crippen molar-refractivity contribution < 1.29 is 4.74 Å². The number of methoxy groups -OCH3 is 1. The average molecular weight is 403 g/mol. The van der Waals surface area contributed by atoms with Gasteiger partial charge in [-0.25, -0.2) is 4.98 Å². The molecule has 0 aliphatic rings. The number of benzene rings is 1. The fourth-order valence-corrected chi connectivity index (χ4v) is 3.67. The Morgan fingerprint density at radius 1 is 1.11 bits per heavy atom. The number of aromatic nitrogens is 3. The van der Waals surface area contributed by atoms with E-state index in [1.54, 1.807) is 7.11 Å². The van der Waals surface area contributed by atoms with Crippen LogP contribution in [0, 0.1) is 6.92 Å². The van der Waals surface area contributed by atoms with Crippen LogP contribution in [0.4, 0.5) is 5.82 Å². The lowest BCUT2D eigenvalue weighted by atomic mass is 10.1. The summed E-state index contributed by atoms with van der Waals surface area (Å²) in [5.41, 5.74) is 5.22. The molecule has 28 heavy (non-hydrogen) atoms. The van der Waals surface area contributed by atoms with Crippen LogP contribution in [-0.2, 0) is 6.42 Å². The van der Waals surface area contributed by atoms with Crippen LogP contribution in [0.1, 0.15) is 44.9 Å². The van der Waals surface area contributed by atoms with Crippen LogP contribution in [0.2, 0.25) is 0 Å². The smallest absolute Gasteiger partial charge is 0.165 e. The summed E-state index contributed by atoms with van der Waals surface area (Å²) < 4.78 is 7.57. The minimum Gasteiger partial charge on any atom is -0.497 e. The molecule has 6 heteroatoms. The molecule has 1 aromatic carbocycles. The third-order valence-corrected chi connectivity index (χ3v) is 4.90. The van der Waals surface area contributed by atoms with Crippen molar-refractivity contribution in [1.29, 1.82) is 0 Å². The van der Waals surface area contributed by atoms with Crippen LogP contribution in [0.25, 0.3) is 16.9 Å². The quantitative estimate of drug-likeness (QED) is 0.511. The van der Waals surface area contributed by atoms with E-state index in [2.05, 4.69) is 43.1 Å². The van der Waals surface area contributed by atoms with Crippen molar-refractivity contribution in [3.63, 3.8) is 0 Å². The molecule has 0 bridgehead atoms. The van der Waals surface area contributed by atoms with E-state index in [1.165, 1.54) is 5.82 Å². The molecular formula is C22H31ClN4O. The molecule has 5 nitrogen and oxygen atoms in total. The van der Waals surface area contributed by atoms with E-state index < -0.39 is 0 Å². The number of ether oxygens (including phenoxy) is 1. The molecule has 2 heterocycles. The van der Waals surface area contributed by atoms with Crippen LogP contribution in [0.3, 0.4) is 0 Å². The molecule has 0 spiro atoms. The molecule has 0 amide bonds. The molecule has 0 fully saturated rings. The summed E-state index contributed by atoms with van der Waals surface area (Å²) in [6, 6.07) is 6.11. The first-order chi connectivity index (χ1) is 13.1. The summed E-state index contributed by atoms with van der Waals surface area (Å²) in [6.45, 7) is 10.8. The zero-order valence-corrected chi connectivity index (χ0v) is 18.3. The topological polar surface area (TPSA) is 42.7 Å². The van der Waals surface area contributed by atoms with Crippen LogP contribution < -0.4 is 9.64 Å². The summed E-state index contributed by atoms with van der Waals surface area (Å²) in [5, 5.41) is 0. The standard InChI is InChI=1S/C22H30N4O.ClH/c1-6-12-25(13-7-2)22-19(8-3)24-21-20(23-11-14-26(21)22)18-10-9-17(27-5)15-16(18)4;/h9-11,14-15H,6-8,12-13H2,1-5H3;1H. The van der Waals surface area contributed by atoms with E-state index in [1.807, 2.05) is 24.5 Å². The van der Waals surface area contributed by atoms with Gasteiger partial charge in [-0.2, -0.15) is 0 Å². The van der Waals surface area contributed by atoms with Crippen molar-refractivity contribution in [2.75, 3.05) is 25.1 Å². The van der Waals surface area contributed by atoms with E-state index in [0.29, 0.717) is 0 Å². The summed E-state index contributed by atoms with van der Waals surface area (Å²) in [6.07, 6.45) is 7.06. The van der Waals surface area contributed by atoms with Gasteiger partial charge in [0.05, 0.1) is 12.8 Å². The van der Waals surface area contributed by atoms with Crippen LogP contribution in [-0.4, -0.2) is 34.6 Å². The Balaban J connectivity index is 0.00000280. The Morgan fingerprint density at radius 2 is 1.82 bits per heavy atom. The highest BCUT2D eigenvalue weighted by Gasteiger charge is 2.20. The zero-order chi connectivity index (χ0) is 19.4.